The average molecular weight is 418 g/mol. The van der Waals surface area contributed by atoms with Crippen LogP contribution in [0.3, 0.4) is 0 Å². The summed E-state index contributed by atoms with van der Waals surface area (Å²) in [4.78, 5) is 25.4. The second kappa shape index (κ2) is 8.76. The highest BCUT2D eigenvalue weighted by atomic mass is 16.1. The lowest BCUT2D eigenvalue weighted by Crippen LogP contribution is -2.45. The van der Waals surface area contributed by atoms with E-state index in [-0.39, 0.29) is 23.1 Å². The molecule has 0 aromatic rings. The molecule has 31 heavy (non-hydrogen) atoms. The Kier molecular flexibility index (Phi) is 6.06. The molecule has 0 bridgehead atoms. The molecule has 0 aliphatic heterocycles. The van der Waals surface area contributed by atoms with E-state index in [1.54, 1.807) is 0 Å². The van der Waals surface area contributed by atoms with E-state index in [9.17, 15) is 9.59 Å². The van der Waals surface area contributed by atoms with Crippen molar-refractivity contribution >= 4 is 23.7 Å². The Labute approximate surface area is 184 Å². The molecular weight excluding hydrogens is 386 g/mol. The van der Waals surface area contributed by atoms with Crippen LogP contribution in [0.1, 0.15) is 51.9 Å². The molecule has 0 radical (unpaired) electrons. The molecular formula is C26H31N3O2. The number of Topliss-reactive ketones (excluding diaryl/α,β-unsaturated/α-hetero) is 1. The van der Waals surface area contributed by atoms with Crippen molar-refractivity contribution in [1.29, 1.82) is 10.8 Å². The third kappa shape index (κ3) is 4.07. The number of amides is 1. The molecule has 5 nitrogen and oxygen atoms in total. The van der Waals surface area contributed by atoms with Gasteiger partial charge in [-0.05, 0) is 79.6 Å². The number of allylic oxidation sites excluding steroid dienone is 6. The Hall–Kier alpha value is -2.78. The lowest BCUT2D eigenvalue weighted by Gasteiger charge is -2.50. The topological polar surface area (TPSA) is 93.9 Å². The first-order chi connectivity index (χ1) is 14.9. The third-order valence-corrected chi connectivity index (χ3v) is 7.86. The fourth-order valence-corrected chi connectivity index (χ4v) is 6.52. The van der Waals surface area contributed by atoms with Crippen LogP contribution >= 0.6 is 0 Å². The third-order valence-electron chi connectivity index (χ3n) is 7.86. The number of ketones is 1. The smallest absolute Gasteiger partial charge is 0.225 e. The van der Waals surface area contributed by atoms with E-state index in [4.69, 9.17) is 10.8 Å². The summed E-state index contributed by atoms with van der Waals surface area (Å²) in [5.74, 6) is 1.64. The Morgan fingerprint density at radius 3 is 3.00 bits per heavy atom. The zero-order valence-electron chi connectivity index (χ0n) is 18.1. The SMILES string of the molecule is C[C@]12CCC3C4=C=CC=CC=C4CCC3C1[C@H](CCC(=O)NC(=N)/C=C\C=N)CC2=O. The molecule has 0 aromatic carbocycles. The number of carbonyl (C=O) groups excluding carboxylic acids is 2. The highest BCUT2D eigenvalue weighted by molar-refractivity contribution is 6.03. The summed E-state index contributed by atoms with van der Waals surface area (Å²) in [7, 11) is 0. The largest absolute Gasteiger partial charge is 0.311 e. The lowest BCUT2D eigenvalue weighted by atomic mass is 9.53. The predicted molar refractivity (Wildman–Crippen MR) is 122 cm³/mol. The zero-order chi connectivity index (χ0) is 22.0. The fraction of sp³-hybridized carbons (Fsp3) is 0.500. The molecule has 5 heteroatoms. The monoisotopic (exact) mass is 417 g/mol. The van der Waals surface area contributed by atoms with Gasteiger partial charge >= 0.3 is 0 Å². The van der Waals surface area contributed by atoms with Crippen molar-refractivity contribution in [3.8, 4) is 0 Å². The van der Waals surface area contributed by atoms with E-state index in [2.05, 4.69) is 30.1 Å². The van der Waals surface area contributed by atoms with Crippen molar-refractivity contribution in [2.75, 3.05) is 0 Å². The van der Waals surface area contributed by atoms with Crippen LogP contribution in [0.5, 0.6) is 0 Å². The molecule has 5 atom stereocenters. The number of hydrogen-bond donors (Lipinski definition) is 3. The van der Waals surface area contributed by atoms with Gasteiger partial charge in [-0.2, -0.15) is 0 Å². The minimum Gasteiger partial charge on any atom is -0.311 e. The van der Waals surface area contributed by atoms with E-state index in [1.807, 2.05) is 12.2 Å². The second-order valence-corrected chi connectivity index (χ2v) is 9.51. The average Bonchev–Trinajstić information content (AvgIpc) is 2.89. The number of nitrogens with one attached hydrogen (secondary N) is 3. The summed E-state index contributed by atoms with van der Waals surface area (Å²) in [6.07, 6.45) is 17.9. The van der Waals surface area contributed by atoms with Gasteiger partial charge in [0, 0.05) is 30.0 Å². The van der Waals surface area contributed by atoms with Crippen LogP contribution in [0.25, 0.3) is 0 Å². The molecule has 4 rings (SSSR count). The Morgan fingerprint density at radius 1 is 1.35 bits per heavy atom. The molecule has 0 aromatic heterocycles. The van der Waals surface area contributed by atoms with Crippen LogP contribution in [-0.2, 0) is 9.59 Å². The van der Waals surface area contributed by atoms with Gasteiger partial charge in [0.25, 0.3) is 0 Å². The first kappa shape index (κ1) is 21.5. The van der Waals surface area contributed by atoms with Gasteiger partial charge in [0.1, 0.15) is 11.6 Å². The van der Waals surface area contributed by atoms with Crippen molar-refractivity contribution in [2.24, 2.45) is 29.1 Å². The Morgan fingerprint density at radius 2 is 2.19 bits per heavy atom. The molecule has 162 valence electrons. The quantitative estimate of drug-likeness (QED) is 0.344. The fourth-order valence-electron chi connectivity index (χ4n) is 6.52. The number of amidine groups is 1. The van der Waals surface area contributed by atoms with Crippen LogP contribution in [0.15, 0.2) is 53.3 Å². The molecule has 0 heterocycles. The van der Waals surface area contributed by atoms with Gasteiger partial charge in [-0.3, -0.25) is 15.0 Å². The molecule has 3 unspecified atom stereocenters. The number of hydrogen-bond acceptors (Lipinski definition) is 4. The van der Waals surface area contributed by atoms with Gasteiger partial charge < -0.3 is 10.7 Å². The maximum absolute atomic E-state index is 13.1. The summed E-state index contributed by atoms with van der Waals surface area (Å²) in [6, 6.07) is 0. The van der Waals surface area contributed by atoms with Crippen LogP contribution < -0.4 is 5.32 Å². The molecule has 4 aliphatic rings. The second-order valence-electron chi connectivity index (χ2n) is 9.51. The standard InChI is InChI=1S/C26H31N3O2/c1-26-14-13-20-19-7-4-2-3-6-17(19)9-11-21(20)25(26)18(16-22(26)30)10-12-24(31)29-23(28)8-5-15-27/h2-6,8,15,18,20-21,25,27H,9-14,16H2,1H3,(H2,28,29,31)/b8-5-,27-15?/t18-,20?,21?,25?,26-/m1/s1. The van der Waals surface area contributed by atoms with Crippen molar-refractivity contribution in [3.05, 3.63) is 53.3 Å². The summed E-state index contributed by atoms with van der Waals surface area (Å²) in [5, 5.41) is 17.3. The van der Waals surface area contributed by atoms with E-state index in [0.717, 1.165) is 31.9 Å². The highest BCUT2D eigenvalue weighted by Crippen LogP contribution is 2.62. The minimum atomic E-state index is -0.268. The first-order valence-electron chi connectivity index (χ1n) is 11.4. The highest BCUT2D eigenvalue weighted by Gasteiger charge is 2.58. The van der Waals surface area contributed by atoms with Gasteiger partial charge in [0.05, 0.1) is 0 Å². The van der Waals surface area contributed by atoms with Crippen molar-refractivity contribution in [1.82, 2.24) is 5.32 Å². The van der Waals surface area contributed by atoms with Crippen LogP contribution in [0.2, 0.25) is 0 Å². The van der Waals surface area contributed by atoms with E-state index >= 15 is 0 Å². The number of fused-ring (bicyclic) bond motifs is 5. The van der Waals surface area contributed by atoms with Gasteiger partial charge in [0.15, 0.2) is 0 Å². The minimum absolute atomic E-state index is 0.00846. The number of carbonyl (C=O) groups is 2. The first-order valence-corrected chi connectivity index (χ1v) is 11.4. The van der Waals surface area contributed by atoms with E-state index in [0.29, 0.717) is 42.8 Å². The van der Waals surface area contributed by atoms with Crippen molar-refractivity contribution in [3.63, 3.8) is 0 Å². The molecule has 0 saturated heterocycles. The molecule has 1 amide bonds. The van der Waals surface area contributed by atoms with Gasteiger partial charge in [0.2, 0.25) is 5.91 Å². The van der Waals surface area contributed by atoms with Crippen LogP contribution in [-0.4, -0.2) is 23.7 Å². The Balaban J connectivity index is 1.49. The summed E-state index contributed by atoms with van der Waals surface area (Å²) in [6.45, 7) is 2.17. The lowest BCUT2D eigenvalue weighted by molar-refractivity contribution is -0.129. The molecule has 3 saturated carbocycles. The molecule has 3 fully saturated rings. The van der Waals surface area contributed by atoms with Gasteiger partial charge in [-0.1, -0.05) is 25.2 Å². The van der Waals surface area contributed by atoms with Crippen LogP contribution in [0.4, 0.5) is 0 Å². The normalized spacial score (nSPS) is 33.6. The molecule has 4 aliphatic carbocycles. The zero-order valence-corrected chi connectivity index (χ0v) is 18.1. The summed E-state index contributed by atoms with van der Waals surface area (Å²) < 4.78 is 0. The van der Waals surface area contributed by atoms with E-state index < -0.39 is 0 Å². The van der Waals surface area contributed by atoms with Crippen molar-refractivity contribution < 1.29 is 9.59 Å². The Bertz CT molecular complexity index is 963. The number of rotatable bonds is 5. The summed E-state index contributed by atoms with van der Waals surface area (Å²) in [5.41, 5.74) is 6.00. The predicted octanol–water partition coefficient (Wildman–Crippen LogP) is 4.68. The van der Waals surface area contributed by atoms with Crippen LogP contribution in [0, 0.1) is 39.9 Å². The van der Waals surface area contributed by atoms with Gasteiger partial charge in [-0.25, -0.2) is 0 Å². The van der Waals surface area contributed by atoms with E-state index in [1.165, 1.54) is 23.3 Å². The van der Waals surface area contributed by atoms with Gasteiger partial charge in [-0.15, -0.1) is 5.73 Å². The maximum Gasteiger partial charge on any atom is 0.225 e. The maximum atomic E-state index is 13.1. The van der Waals surface area contributed by atoms with Crippen molar-refractivity contribution in [2.45, 2.75) is 51.9 Å². The molecule has 0 spiro atoms. The molecule has 3 N–H and O–H groups in total. The summed E-state index contributed by atoms with van der Waals surface area (Å²) >= 11 is 0.